The fourth-order valence-electron chi connectivity index (χ4n) is 3.50. The van der Waals surface area contributed by atoms with Gasteiger partial charge in [0.15, 0.2) is 0 Å². The number of carbonyl (C=O) groups is 1. The highest BCUT2D eigenvalue weighted by molar-refractivity contribution is 5.81. The molecule has 2 aromatic carbocycles. The Labute approximate surface area is 161 Å². The zero-order valence-corrected chi connectivity index (χ0v) is 16.4. The standard InChI is InChI=1S/C22H29N3O2/c1-17-6-4-7-19(14-17)16-23-22(26)18(2)24-10-12-25(13-11-24)20-8-5-9-21(15-20)27-3/h4-9,14-15,18H,10-13,16H2,1-3H3,(H,23,26)/t18-/m1/s1. The zero-order chi connectivity index (χ0) is 19.2. The number of benzene rings is 2. The van der Waals surface area contributed by atoms with Gasteiger partial charge in [0, 0.05) is 44.5 Å². The highest BCUT2D eigenvalue weighted by Gasteiger charge is 2.25. The van der Waals surface area contributed by atoms with Gasteiger partial charge in [-0.3, -0.25) is 9.69 Å². The number of hydrogen-bond acceptors (Lipinski definition) is 4. The van der Waals surface area contributed by atoms with E-state index in [1.807, 2.05) is 31.2 Å². The van der Waals surface area contributed by atoms with E-state index in [0.29, 0.717) is 6.54 Å². The van der Waals surface area contributed by atoms with Gasteiger partial charge in [0.05, 0.1) is 13.2 Å². The van der Waals surface area contributed by atoms with Crippen LogP contribution in [0, 0.1) is 6.92 Å². The van der Waals surface area contributed by atoms with Crippen molar-refractivity contribution in [2.24, 2.45) is 0 Å². The predicted octanol–water partition coefficient (Wildman–Crippen LogP) is 2.83. The van der Waals surface area contributed by atoms with Crippen LogP contribution in [0.5, 0.6) is 5.75 Å². The molecule has 1 aliphatic heterocycles. The molecule has 0 saturated carbocycles. The van der Waals surface area contributed by atoms with Gasteiger partial charge >= 0.3 is 0 Å². The van der Waals surface area contributed by atoms with Crippen LogP contribution in [-0.2, 0) is 11.3 Å². The number of rotatable bonds is 6. The highest BCUT2D eigenvalue weighted by atomic mass is 16.5. The Morgan fingerprint density at radius 2 is 1.85 bits per heavy atom. The van der Waals surface area contributed by atoms with E-state index in [2.05, 4.69) is 46.3 Å². The molecular formula is C22H29N3O2. The van der Waals surface area contributed by atoms with Crippen LogP contribution < -0.4 is 15.0 Å². The van der Waals surface area contributed by atoms with Crippen molar-refractivity contribution < 1.29 is 9.53 Å². The molecule has 1 heterocycles. The molecule has 1 N–H and O–H groups in total. The Bertz CT molecular complexity index is 770. The van der Waals surface area contributed by atoms with E-state index in [1.165, 1.54) is 11.3 Å². The largest absolute Gasteiger partial charge is 0.497 e. The van der Waals surface area contributed by atoms with E-state index in [1.54, 1.807) is 7.11 Å². The van der Waals surface area contributed by atoms with Crippen molar-refractivity contribution in [3.8, 4) is 5.75 Å². The van der Waals surface area contributed by atoms with Crippen LogP contribution in [0.15, 0.2) is 48.5 Å². The van der Waals surface area contributed by atoms with Gasteiger partial charge in [-0.2, -0.15) is 0 Å². The average Bonchev–Trinajstić information content (AvgIpc) is 2.71. The molecule has 0 spiro atoms. The fourth-order valence-corrected chi connectivity index (χ4v) is 3.50. The van der Waals surface area contributed by atoms with Gasteiger partial charge in [-0.25, -0.2) is 0 Å². The number of anilines is 1. The SMILES string of the molecule is COc1cccc(N2CCN([C@H](C)C(=O)NCc3cccc(C)c3)CC2)c1. The first-order valence-corrected chi connectivity index (χ1v) is 9.53. The van der Waals surface area contributed by atoms with Gasteiger partial charge in [0.2, 0.25) is 5.91 Å². The number of nitrogens with one attached hydrogen (secondary N) is 1. The van der Waals surface area contributed by atoms with Crippen LogP contribution in [-0.4, -0.2) is 50.1 Å². The van der Waals surface area contributed by atoms with E-state index >= 15 is 0 Å². The quantitative estimate of drug-likeness (QED) is 0.853. The average molecular weight is 367 g/mol. The summed E-state index contributed by atoms with van der Waals surface area (Å²) in [6.45, 7) is 8.19. The van der Waals surface area contributed by atoms with Crippen LogP contribution in [0.2, 0.25) is 0 Å². The third kappa shape index (κ3) is 5.01. The summed E-state index contributed by atoms with van der Waals surface area (Å²) >= 11 is 0. The summed E-state index contributed by atoms with van der Waals surface area (Å²) in [6, 6.07) is 16.3. The lowest BCUT2D eigenvalue weighted by Crippen LogP contribution is -2.53. The lowest BCUT2D eigenvalue weighted by molar-refractivity contribution is -0.126. The molecule has 0 aromatic heterocycles. The number of nitrogens with zero attached hydrogens (tertiary/aromatic N) is 2. The van der Waals surface area contributed by atoms with E-state index in [4.69, 9.17) is 4.74 Å². The minimum absolute atomic E-state index is 0.0892. The number of ether oxygens (including phenoxy) is 1. The Hall–Kier alpha value is -2.53. The molecule has 144 valence electrons. The van der Waals surface area contributed by atoms with Gasteiger partial charge in [0.1, 0.15) is 5.75 Å². The van der Waals surface area contributed by atoms with Crippen molar-refractivity contribution in [3.63, 3.8) is 0 Å². The lowest BCUT2D eigenvalue weighted by atomic mass is 10.1. The third-order valence-electron chi connectivity index (χ3n) is 5.21. The molecule has 1 amide bonds. The molecule has 0 bridgehead atoms. The summed E-state index contributed by atoms with van der Waals surface area (Å²) in [6.07, 6.45) is 0. The fraction of sp³-hybridized carbons (Fsp3) is 0.409. The van der Waals surface area contributed by atoms with Crippen LogP contribution >= 0.6 is 0 Å². The van der Waals surface area contributed by atoms with E-state index in [0.717, 1.165) is 37.5 Å². The normalized spacial score (nSPS) is 16.0. The summed E-state index contributed by atoms with van der Waals surface area (Å²) in [5.41, 5.74) is 3.52. The van der Waals surface area contributed by atoms with E-state index in [-0.39, 0.29) is 11.9 Å². The van der Waals surface area contributed by atoms with Crippen molar-refractivity contribution in [2.45, 2.75) is 26.4 Å². The minimum atomic E-state index is -0.123. The number of amides is 1. The molecule has 0 unspecified atom stereocenters. The molecule has 27 heavy (non-hydrogen) atoms. The summed E-state index contributed by atoms with van der Waals surface area (Å²) in [4.78, 5) is 17.1. The maximum Gasteiger partial charge on any atom is 0.237 e. The van der Waals surface area contributed by atoms with Crippen molar-refractivity contribution in [1.29, 1.82) is 0 Å². The first-order valence-electron chi connectivity index (χ1n) is 9.53. The molecule has 0 aliphatic carbocycles. The minimum Gasteiger partial charge on any atom is -0.497 e. The summed E-state index contributed by atoms with van der Waals surface area (Å²) in [7, 11) is 1.69. The molecule has 1 saturated heterocycles. The Morgan fingerprint density at radius 1 is 1.11 bits per heavy atom. The predicted molar refractivity (Wildman–Crippen MR) is 109 cm³/mol. The summed E-state index contributed by atoms with van der Waals surface area (Å²) in [5, 5.41) is 3.07. The topological polar surface area (TPSA) is 44.8 Å². The zero-order valence-electron chi connectivity index (χ0n) is 16.4. The van der Waals surface area contributed by atoms with Gasteiger partial charge in [0.25, 0.3) is 0 Å². The monoisotopic (exact) mass is 367 g/mol. The molecule has 1 fully saturated rings. The maximum absolute atomic E-state index is 12.6. The van der Waals surface area contributed by atoms with Crippen molar-refractivity contribution >= 4 is 11.6 Å². The molecule has 2 aromatic rings. The Morgan fingerprint density at radius 3 is 2.56 bits per heavy atom. The number of aryl methyl sites for hydroxylation is 1. The van der Waals surface area contributed by atoms with Crippen molar-refractivity contribution in [3.05, 3.63) is 59.7 Å². The summed E-state index contributed by atoms with van der Waals surface area (Å²) < 4.78 is 5.32. The highest BCUT2D eigenvalue weighted by Crippen LogP contribution is 2.22. The van der Waals surface area contributed by atoms with Crippen molar-refractivity contribution in [1.82, 2.24) is 10.2 Å². The van der Waals surface area contributed by atoms with Crippen LogP contribution in [0.1, 0.15) is 18.1 Å². The second-order valence-corrected chi connectivity index (χ2v) is 7.11. The van der Waals surface area contributed by atoms with Crippen molar-refractivity contribution in [2.75, 3.05) is 38.2 Å². The third-order valence-corrected chi connectivity index (χ3v) is 5.21. The first-order chi connectivity index (χ1) is 13.1. The smallest absolute Gasteiger partial charge is 0.237 e. The van der Waals surface area contributed by atoms with Crippen LogP contribution in [0.25, 0.3) is 0 Å². The Balaban J connectivity index is 1.50. The molecule has 0 radical (unpaired) electrons. The molecular weight excluding hydrogens is 338 g/mol. The number of piperazine rings is 1. The second kappa shape index (κ2) is 8.91. The summed E-state index contributed by atoms with van der Waals surface area (Å²) in [5.74, 6) is 0.963. The molecule has 1 atom stereocenters. The molecule has 3 rings (SSSR count). The Kier molecular flexibility index (Phi) is 6.35. The van der Waals surface area contributed by atoms with Gasteiger partial charge in [-0.1, -0.05) is 35.9 Å². The number of methoxy groups -OCH3 is 1. The van der Waals surface area contributed by atoms with Gasteiger partial charge in [-0.15, -0.1) is 0 Å². The van der Waals surface area contributed by atoms with E-state index < -0.39 is 0 Å². The lowest BCUT2D eigenvalue weighted by Gasteiger charge is -2.38. The first kappa shape index (κ1) is 19.2. The second-order valence-electron chi connectivity index (χ2n) is 7.11. The molecule has 1 aliphatic rings. The van der Waals surface area contributed by atoms with Crippen LogP contribution in [0.3, 0.4) is 0 Å². The van der Waals surface area contributed by atoms with Gasteiger partial charge in [-0.05, 0) is 31.5 Å². The maximum atomic E-state index is 12.6. The van der Waals surface area contributed by atoms with E-state index in [9.17, 15) is 4.79 Å². The van der Waals surface area contributed by atoms with Crippen LogP contribution in [0.4, 0.5) is 5.69 Å². The molecule has 5 heteroatoms. The van der Waals surface area contributed by atoms with Gasteiger partial charge < -0.3 is 15.0 Å². The number of hydrogen-bond donors (Lipinski definition) is 1. The molecule has 5 nitrogen and oxygen atoms in total. The number of carbonyl (C=O) groups excluding carboxylic acids is 1.